The molecule has 0 saturated heterocycles. The topological polar surface area (TPSA) is 60.7 Å². The smallest absolute Gasteiger partial charge is 0.214 e. The Hall–Kier alpha value is -2.54. The molecular formula is C18H17FN4OS. The summed E-state index contributed by atoms with van der Waals surface area (Å²) < 4.78 is 14.5. The second-order valence-corrected chi connectivity index (χ2v) is 6.78. The number of benzene rings is 2. The summed E-state index contributed by atoms with van der Waals surface area (Å²) in [5, 5.41) is 12.2. The maximum atomic E-state index is 12.9. The highest BCUT2D eigenvalue weighted by Crippen LogP contribution is 2.21. The summed E-state index contributed by atoms with van der Waals surface area (Å²) in [4.78, 5) is 12.2. The molecule has 1 heterocycles. The van der Waals surface area contributed by atoms with Gasteiger partial charge in [-0.3, -0.25) is 4.79 Å². The lowest BCUT2D eigenvalue weighted by molar-refractivity contribution is 0.102. The van der Waals surface area contributed by atoms with Crippen molar-refractivity contribution in [3.8, 4) is 5.69 Å². The molecule has 0 atom stereocenters. The van der Waals surface area contributed by atoms with Crippen molar-refractivity contribution < 1.29 is 9.18 Å². The predicted molar refractivity (Wildman–Crippen MR) is 94.7 cm³/mol. The number of carbonyl (C=O) groups is 1. The van der Waals surface area contributed by atoms with Gasteiger partial charge < -0.3 is 0 Å². The van der Waals surface area contributed by atoms with E-state index in [0.717, 1.165) is 5.69 Å². The third-order valence-electron chi connectivity index (χ3n) is 3.74. The van der Waals surface area contributed by atoms with Crippen LogP contribution in [0.1, 0.15) is 35.7 Å². The van der Waals surface area contributed by atoms with Gasteiger partial charge in [-0.1, -0.05) is 37.7 Å². The fraction of sp³-hybridized carbons (Fsp3) is 0.222. The SMILES string of the molecule is CC(C)c1ccc(-n2nnnc2SCC(=O)c2ccc(F)cc2)cc1. The van der Waals surface area contributed by atoms with Crippen LogP contribution in [0.25, 0.3) is 5.69 Å². The maximum absolute atomic E-state index is 12.9. The Morgan fingerprint density at radius 3 is 2.44 bits per heavy atom. The van der Waals surface area contributed by atoms with Gasteiger partial charge in [0.15, 0.2) is 5.78 Å². The van der Waals surface area contributed by atoms with E-state index in [1.807, 2.05) is 24.3 Å². The van der Waals surface area contributed by atoms with Crippen molar-refractivity contribution in [3.63, 3.8) is 0 Å². The van der Waals surface area contributed by atoms with Crippen LogP contribution in [0.3, 0.4) is 0 Å². The van der Waals surface area contributed by atoms with Gasteiger partial charge >= 0.3 is 0 Å². The van der Waals surface area contributed by atoms with Gasteiger partial charge in [0.05, 0.1) is 11.4 Å². The summed E-state index contributed by atoms with van der Waals surface area (Å²) in [5.74, 6) is 0.161. The largest absolute Gasteiger partial charge is 0.293 e. The van der Waals surface area contributed by atoms with E-state index in [1.54, 1.807) is 4.68 Å². The number of aromatic nitrogens is 4. The molecule has 0 radical (unpaired) electrons. The molecule has 0 unspecified atom stereocenters. The molecule has 25 heavy (non-hydrogen) atoms. The third-order valence-corrected chi connectivity index (χ3v) is 4.66. The van der Waals surface area contributed by atoms with Gasteiger partial charge in [-0.05, 0) is 58.3 Å². The summed E-state index contributed by atoms with van der Waals surface area (Å²) >= 11 is 1.25. The van der Waals surface area contributed by atoms with E-state index in [9.17, 15) is 9.18 Å². The van der Waals surface area contributed by atoms with E-state index in [-0.39, 0.29) is 17.4 Å². The van der Waals surface area contributed by atoms with Crippen LogP contribution in [0.5, 0.6) is 0 Å². The van der Waals surface area contributed by atoms with E-state index in [4.69, 9.17) is 0 Å². The number of Topliss-reactive ketones (excluding diaryl/α,β-unsaturated/α-hetero) is 1. The number of hydrogen-bond donors (Lipinski definition) is 0. The molecule has 0 N–H and O–H groups in total. The minimum Gasteiger partial charge on any atom is -0.293 e. The number of hydrogen-bond acceptors (Lipinski definition) is 5. The Morgan fingerprint density at radius 2 is 1.80 bits per heavy atom. The van der Waals surface area contributed by atoms with E-state index in [2.05, 4.69) is 29.4 Å². The standard InChI is InChI=1S/C18H17FN4OS/c1-12(2)13-5-9-16(10-6-13)23-18(20-21-22-23)25-11-17(24)14-3-7-15(19)8-4-14/h3-10,12H,11H2,1-2H3. The predicted octanol–water partition coefficient (Wildman–Crippen LogP) is 3.90. The second-order valence-electron chi connectivity index (χ2n) is 5.84. The van der Waals surface area contributed by atoms with E-state index in [1.165, 1.54) is 41.6 Å². The van der Waals surface area contributed by atoms with Crippen LogP contribution in [0.15, 0.2) is 53.7 Å². The first kappa shape index (κ1) is 17.3. The first-order chi connectivity index (χ1) is 12.0. The number of carbonyl (C=O) groups excluding carboxylic acids is 1. The molecule has 0 aliphatic heterocycles. The molecule has 1 aromatic heterocycles. The van der Waals surface area contributed by atoms with Crippen molar-refractivity contribution in [2.45, 2.75) is 24.9 Å². The molecule has 2 aromatic carbocycles. The first-order valence-electron chi connectivity index (χ1n) is 7.85. The molecule has 0 fully saturated rings. The van der Waals surface area contributed by atoms with Gasteiger partial charge in [0.25, 0.3) is 0 Å². The molecule has 3 rings (SSSR count). The first-order valence-corrected chi connectivity index (χ1v) is 8.83. The second kappa shape index (κ2) is 7.57. The summed E-state index contributed by atoms with van der Waals surface area (Å²) in [6.07, 6.45) is 0. The van der Waals surface area contributed by atoms with E-state index < -0.39 is 0 Å². The molecule has 0 bridgehead atoms. The van der Waals surface area contributed by atoms with Gasteiger partial charge in [-0.25, -0.2) is 4.39 Å². The molecule has 5 nitrogen and oxygen atoms in total. The highest BCUT2D eigenvalue weighted by molar-refractivity contribution is 7.99. The van der Waals surface area contributed by atoms with Gasteiger partial charge in [-0.2, -0.15) is 4.68 Å². The number of thioether (sulfide) groups is 1. The molecular weight excluding hydrogens is 339 g/mol. The molecule has 0 aliphatic rings. The van der Waals surface area contributed by atoms with E-state index >= 15 is 0 Å². The Kier molecular flexibility index (Phi) is 5.23. The fourth-order valence-corrected chi connectivity index (χ4v) is 3.07. The van der Waals surface area contributed by atoms with Crippen LogP contribution < -0.4 is 0 Å². The van der Waals surface area contributed by atoms with Crippen molar-refractivity contribution in [1.82, 2.24) is 20.2 Å². The third kappa shape index (κ3) is 4.11. The number of halogens is 1. The summed E-state index contributed by atoms with van der Waals surface area (Å²) in [6, 6.07) is 13.5. The molecule has 0 amide bonds. The quantitative estimate of drug-likeness (QED) is 0.495. The lowest BCUT2D eigenvalue weighted by atomic mass is 10.0. The number of ketones is 1. The van der Waals surface area contributed by atoms with Crippen LogP contribution in [0.4, 0.5) is 4.39 Å². The highest BCUT2D eigenvalue weighted by atomic mass is 32.2. The van der Waals surface area contributed by atoms with Crippen LogP contribution in [-0.4, -0.2) is 31.7 Å². The van der Waals surface area contributed by atoms with E-state index in [0.29, 0.717) is 16.6 Å². The zero-order valence-corrected chi connectivity index (χ0v) is 14.7. The molecule has 3 aromatic rings. The van der Waals surface area contributed by atoms with Gasteiger partial charge in [0.2, 0.25) is 5.16 Å². The summed E-state index contributed by atoms with van der Waals surface area (Å²) in [7, 11) is 0. The van der Waals surface area contributed by atoms with Gasteiger partial charge in [0.1, 0.15) is 5.82 Å². The van der Waals surface area contributed by atoms with Crippen LogP contribution in [0, 0.1) is 5.82 Å². The monoisotopic (exact) mass is 356 g/mol. The highest BCUT2D eigenvalue weighted by Gasteiger charge is 2.13. The molecule has 0 aliphatic carbocycles. The van der Waals surface area contributed by atoms with Crippen molar-refractivity contribution >= 4 is 17.5 Å². The average molecular weight is 356 g/mol. The normalized spacial score (nSPS) is 11.0. The van der Waals surface area contributed by atoms with Crippen LogP contribution in [0.2, 0.25) is 0 Å². The van der Waals surface area contributed by atoms with Crippen molar-refractivity contribution in [1.29, 1.82) is 0 Å². The summed E-state index contributed by atoms with van der Waals surface area (Å²) in [5.41, 5.74) is 2.54. The lowest BCUT2D eigenvalue weighted by Gasteiger charge is -2.07. The zero-order chi connectivity index (χ0) is 17.8. The summed E-state index contributed by atoms with van der Waals surface area (Å²) in [6.45, 7) is 4.27. The van der Waals surface area contributed by atoms with Crippen LogP contribution in [-0.2, 0) is 0 Å². The Balaban J connectivity index is 1.71. The van der Waals surface area contributed by atoms with Gasteiger partial charge in [-0.15, -0.1) is 5.10 Å². The van der Waals surface area contributed by atoms with Crippen molar-refractivity contribution in [2.24, 2.45) is 0 Å². The van der Waals surface area contributed by atoms with Crippen molar-refractivity contribution in [3.05, 3.63) is 65.5 Å². The Labute approximate surface area is 149 Å². The number of rotatable bonds is 6. The molecule has 0 spiro atoms. The average Bonchev–Trinajstić information content (AvgIpc) is 3.09. The minimum absolute atomic E-state index is 0.102. The number of tetrazole rings is 1. The molecule has 128 valence electrons. The Morgan fingerprint density at radius 1 is 1.12 bits per heavy atom. The molecule has 7 heteroatoms. The number of nitrogens with zero attached hydrogens (tertiary/aromatic N) is 4. The van der Waals surface area contributed by atoms with Crippen LogP contribution >= 0.6 is 11.8 Å². The molecule has 0 saturated carbocycles. The van der Waals surface area contributed by atoms with Crippen molar-refractivity contribution in [2.75, 3.05) is 5.75 Å². The fourth-order valence-electron chi connectivity index (χ4n) is 2.28. The lowest BCUT2D eigenvalue weighted by Crippen LogP contribution is -2.05. The minimum atomic E-state index is -0.363. The maximum Gasteiger partial charge on any atom is 0.214 e. The van der Waals surface area contributed by atoms with Gasteiger partial charge in [0, 0.05) is 5.56 Å². The zero-order valence-electron chi connectivity index (χ0n) is 13.9. The Bertz CT molecular complexity index is 860.